The molecule has 0 N–H and O–H groups in total. The van der Waals surface area contributed by atoms with Crippen LogP contribution in [0.1, 0.15) is 146 Å². The van der Waals surface area contributed by atoms with Gasteiger partial charge in [0.25, 0.3) is 0 Å². The lowest BCUT2D eigenvalue weighted by atomic mass is 9.66. The van der Waals surface area contributed by atoms with E-state index in [4.69, 9.17) is 0 Å². The number of hydrogen-bond acceptors (Lipinski definition) is 2. The summed E-state index contributed by atoms with van der Waals surface area (Å²) in [6.07, 6.45) is 10.5. The van der Waals surface area contributed by atoms with Gasteiger partial charge in [0.05, 0.1) is 0 Å². The summed E-state index contributed by atoms with van der Waals surface area (Å²) in [6, 6.07) is 87.1. The highest BCUT2D eigenvalue weighted by molar-refractivity contribution is 5.98. The van der Waals surface area contributed by atoms with Gasteiger partial charge in [-0.2, -0.15) is 0 Å². The van der Waals surface area contributed by atoms with Crippen LogP contribution in [-0.2, 0) is 21.7 Å². The van der Waals surface area contributed by atoms with Gasteiger partial charge in [-0.05, 0) is 313 Å². The number of rotatable bonds is 7. The van der Waals surface area contributed by atoms with E-state index in [-0.39, 0.29) is 21.7 Å². The Hall–Kier alpha value is -9.24. The van der Waals surface area contributed by atoms with E-state index < -0.39 is 0 Å². The van der Waals surface area contributed by atoms with Gasteiger partial charge in [-0.3, -0.25) is 0 Å². The number of nitrogens with zero attached hydrogens (tertiary/aromatic N) is 2. The minimum absolute atomic E-state index is 0.00784. The first kappa shape index (κ1) is 55.2. The van der Waals surface area contributed by atoms with Crippen LogP contribution in [0.5, 0.6) is 0 Å². The predicted octanol–water partition coefficient (Wildman–Crippen LogP) is 24.6. The minimum Gasteiger partial charge on any atom is -0.310 e. The fourth-order valence-corrected chi connectivity index (χ4v) is 21.7. The first-order chi connectivity index (χ1) is 45.6. The van der Waals surface area contributed by atoms with E-state index in [0.717, 1.165) is 11.8 Å². The fraction of sp³-hybridized carbons (Fsp3) is 0.261. The molecule has 2 heteroatoms. The SMILES string of the molecule is Cc1cc(C)c2cc(N(c3ccc4c(c3)C(C)(C)c3ccccc3-4)c3ccc4c(c3)C3(CC5CCC3C5)c3ccc(-c5ccc6c(c5)-c5ccc(N(c7ccc8c(c7)C7(CC9CCC7C9)c7ccccc7-8)c7cc(C)c8cccc(C)c8c7)cc5C6(C)C)cc3-4)ccc2c1. The summed E-state index contributed by atoms with van der Waals surface area (Å²) in [5.41, 5.74) is 37.9. The molecule has 0 aliphatic heterocycles. The molecule has 12 aromatic carbocycles. The second-order valence-electron chi connectivity index (χ2n) is 31.5. The van der Waals surface area contributed by atoms with Gasteiger partial charge >= 0.3 is 0 Å². The standard InChI is InChI=1S/C92H80N2/c1-53-38-55(3)77-45-64(27-22-61(77)39-53)93(65-28-32-73-71-15-9-11-18-81(71)89(5,6)85(73)47-65)67-31-35-76-80-44-60(24-37-84(80)92(88(76)49-67)52-58-21-26-63(92)42-58)59-23-36-82-79(43-59)75-34-30-66(48-86(75)90(82,7)8)94(69-40-56(4)70-17-13-14-54(2)78(70)46-69)68-29-33-74-72-16-10-12-19-83(72)91(87(74)50-68)51-57-20-25-62(91)41-57/h9-19,22-24,27-40,43-50,57-58,62-63H,20-21,25-26,41-42,51-52H2,1-8H3. The van der Waals surface area contributed by atoms with Gasteiger partial charge in [0.15, 0.2) is 0 Å². The third kappa shape index (κ3) is 7.38. The van der Waals surface area contributed by atoms with E-state index in [1.54, 1.807) is 16.7 Å². The Morgan fingerprint density at radius 2 is 0.745 bits per heavy atom. The van der Waals surface area contributed by atoms with E-state index in [1.165, 1.54) is 213 Å². The Morgan fingerprint density at radius 1 is 0.298 bits per heavy atom. The summed E-state index contributed by atoms with van der Waals surface area (Å²) in [5.74, 6) is 2.90. The Balaban J connectivity index is 0.701. The van der Waals surface area contributed by atoms with Crippen LogP contribution in [0.15, 0.2) is 218 Å². The quantitative estimate of drug-likeness (QED) is 0.157. The van der Waals surface area contributed by atoms with Crippen LogP contribution in [0.4, 0.5) is 34.1 Å². The molecule has 6 atom stereocenters. The van der Waals surface area contributed by atoms with E-state index in [1.807, 2.05) is 0 Å². The molecule has 2 spiro atoms. The monoisotopic (exact) mass is 1210 g/mol. The molecule has 458 valence electrons. The van der Waals surface area contributed by atoms with Gasteiger partial charge in [0.1, 0.15) is 0 Å². The number of aryl methyl sites for hydroxylation is 4. The molecule has 0 saturated heterocycles. The molecule has 8 aliphatic carbocycles. The Morgan fingerprint density at radius 3 is 1.34 bits per heavy atom. The van der Waals surface area contributed by atoms with E-state index in [9.17, 15) is 0 Å². The lowest BCUT2D eigenvalue weighted by Gasteiger charge is -2.37. The van der Waals surface area contributed by atoms with Crippen LogP contribution in [0.3, 0.4) is 0 Å². The van der Waals surface area contributed by atoms with Crippen molar-refractivity contribution in [3.05, 3.63) is 285 Å². The fourth-order valence-electron chi connectivity index (χ4n) is 21.7. The van der Waals surface area contributed by atoms with Crippen LogP contribution in [0.2, 0.25) is 0 Å². The van der Waals surface area contributed by atoms with Crippen molar-refractivity contribution in [2.75, 3.05) is 9.80 Å². The largest absolute Gasteiger partial charge is 0.310 e. The number of hydrogen-bond donors (Lipinski definition) is 0. The van der Waals surface area contributed by atoms with E-state index in [0.29, 0.717) is 11.8 Å². The van der Waals surface area contributed by atoms with Crippen LogP contribution in [-0.4, -0.2) is 0 Å². The molecular formula is C92H80N2. The number of fused-ring (bicyclic) bond motifs is 24. The van der Waals surface area contributed by atoms with Crippen molar-refractivity contribution in [3.8, 4) is 55.6 Å². The van der Waals surface area contributed by atoms with Crippen LogP contribution >= 0.6 is 0 Å². The molecular weight excluding hydrogens is 1130 g/mol. The second-order valence-corrected chi connectivity index (χ2v) is 31.5. The first-order valence-corrected chi connectivity index (χ1v) is 35.3. The molecule has 12 aromatic rings. The van der Waals surface area contributed by atoms with Gasteiger partial charge in [0.2, 0.25) is 0 Å². The summed E-state index contributed by atoms with van der Waals surface area (Å²) in [7, 11) is 0. The van der Waals surface area contributed by atoms with Crippen molar-refractivity contribution < 1.29 is 0 Å². The van der Waals surface area contributed by atoms with Gasteiger partial charge in [-0.25, -0.2) is 0 Å². The average Bonchev–Trinajstić information content (AvgIpc) is 1.53. The van der Waals surface area contributed by atoms with Gasteiger partial charge in [-0.15, -0.1) is 0 Å². The molecule has 8 aliphatic rings. The summed E-state index contributed by atoms with van der Waals surface area (Å²) in [5, 5.41) is 5.26. The highest BCUT2D eigenvalue weighted by Crippen LogP contribution is 2.68. The number of anilines is 6. The average molecular weight is 1210 g/mol. The second kappa shape index (κ2) is 19.2. The third-order valence-corrected chi connectivity index (χ3v) is 26.0. The molecule has 4 bridgehead atoms. The van der Waals surface area contributed by atoms with Crippen molar-refractivity contribution >= 4 is 55.7 Å². The molecule has 2 nitrogen and oxygen atoms in total. The van der Waals surface area contributed by atoms with Gasteiger partial charge in [-0.1, -0.05) is 180 Å². The summed E-state index contributed by atoms with van der Waals surface area (Å²) >= 11 is 0. The van der Waals surface area contributed by atoms with E-state index >= 15 is 0 Å². The van der Waals surface area contributed by atoms with Crippen molar-refractivity contribution in [2.45, 2.75) is 128 Å². The van der Waals surface area contributed by atoms with Crippen LogP contribution in [0.25, 0.3) is 77.2 Å². The molecule has 0 aromatic heterocycles. The Kier molecular flexibility index (Phi) is 11.3. The van der Waals surface area contributed by atoms with E-state index in [2.05, 4.69) is 284 Å². The molecule has 4 saturated carbocycles. The molecule has 0 radical (unpaired) electrons. The summed E-state index contributed by atoms with van der Waals surface area (Å²) < 4.78 is 0. The topological polar surface area (TPSA) is 6.48 Å². The minimum atomic E-state index is -0.212. The molecule has 0 amide bonds. The van der Waals surface area contributed by atoms with Crippen molar-refractivity contribution in [1.29, 1.82) is 0 Å². The predicted molar refractivity (Wildman–Crippen MR) is 394 cm³/mol. The first-order valence-electron chi connectivity index (χ1n) is 35.3. The van der Waals surface area contributed by atoms with Crippen molar-refractivity contribution in [2.24, 2.45) is 23.7 Å². The van der Waals surface area contributed by atoms with Crippen molar-refractivity contribution in [3.63, 3.8) is 0 Å². The van der Waals surface area contributed by atoms with Crippen molar-refractivity contribution in [1.82, 2.24) is 0 Å². The molecule has 6 unspecified atom stereocenters. The number of benzene rings is 12. The lowest BCUT2D eigenvalue weighted by molar-refractivity contribution is 0.327. The zero-order valence-corrected chi connectivity index (χ0v) is 55.6. The lowest BCUT2D eigenvalue weighted by Crippen LogP contribution is -2.32. The van der Waals surface area contributed by atoms with Gasteiger partial charge < -0.3 is 9.80 Å². The maximum atomic E-state index is 2.65. The molecule has 94 heavy (non-hydrogen) atoms. The third-order valence-electron chi connectivity index (χ3n) is 26.0. The highest BCUT2D eigenvalue weighted by atomic mass is 15.1. The zero-order chi connectivity index (χ0) is 63.1. The zero-order valence-electron chi connectivity index (χ0n) is 55.6. The molecule has 0 heterocycles. The molecule has 4 fully saturated rings. The maximum absolute atomic E-state index is 2.65. The highest BCUT2D eigenvalue weighted by Gasteiger charge is 2.58. The summed E-state index contributed by atoms with van der Waals surface area (Å²) in [4.78, 5) is 5.20. The smallest absolute Gasteiger partial charge is 0.0470 e. The normalized spacial score (nSPS) is 22.6. The summed E-state index contributed by atoms with van der Waals surface area (Å²) in [6.45, 7) is 18.8. The van der Waals surface area contributed by atoms with Crippen LogP contribution < -0.4 is 9.80 Å². The Bertz CT molecular complexity index is 5340. The van der Waals surface area contributed by atoms with Gasteiger partial charge in [0, 0.05) is 55.8 Å². The molecule has 20 rings (SSSR count). The van der Waals surface area contributed by atoms with Crippen LogP contribution in [0, 0.1) is 51.4 Å². The Labute approximate surface area is 555 Å². The maximum Gasteiger partial charge on any atom is 0.0470 e.